The Balaban J connectivity index is 1.97. The third kappa shape index (κ3) is 6.40. The molecule has 2 rings (SSSR count). The zero-order chi connectivity index (χ0) is 19.6. The number of hydrogen-bond acceptors (Lipinski definition) is 4. The first kappa shape index (κ1) is 20.4. The molecule has 0 bridgehead atoms. The summed E-state index contributed by atoms with van der Waals surface area (Å²) in [6.07, 6.45) is 2.39. The normalized spacial score (nSPS) is 12.5. The predicted molar refractivity (Wildman–Crippen MR) is 104 cm³/mol. The first-order valence-corrected chi connectivity index (χ1v) is 8.93. The lowest BCUT2D eigenvalue weighted by molar-refractivity contribution is 0.199. The molecule has 1 aromatic carbocycles. The number of ether oxygens (including phenoxy) is 1. The highest BCUT2D eigenvalue weighted by molar-refractivity contribution is 5.79. The maximum atomic E-state index is 13.3. The molecule has 0 aliphatic heterocycles. The summed E-state index contributed by atoms with van der Waals surface area (Å²) in [7, 11) is 1.91. The van der Waals surface area contributed by atoms with E-state index in [2.05, 4.69) is 32.4 Å². The van der Waals surface area contributed by atoms with Gasteiger partial charge in [0.15, 0.2) is 11.8 Å². The molecule has 1 aromatic heterocycles. The maximum Gasteiger partial charge on any atom is 0.192 e. The van der Waals surface area contributed by atoms with Crippen LogP contribution in [0.3, 0.4) is 0 Å². The molecule has 0 radical (unpaired) electrons. The number of hydrogen-bond donors (Lipinski definition) is 2. The number of guanidine groups is 1. The third-order valence-electron chi connectivity index (χ3n) is 4.03. The van der Waals surface area contributed by atoms with Crippen molar-refractivity contribution in [1.82, 2.24) is 25.4 Å². The van der Waals surface area contributed by atoms with Gasteiger partial charge >= 0.3 is 0 Å². The zero-order valence-corrected chi connectivity index (χ0v) is 16.1. The SMILES string of the molecule is C=CCNC(=NCc1nnc(C)n1C)NCC(CC)Oc1cccc(F)c1. The molecular formula is C19H27FN6O. The van der Waals surface area contributed by atoms with E-state index in [1.54, 1.807) is 18.2 Å². The molecule has 0 amide bonds. The quantitative estimate of drug-likeness (QED) is 0.400. The molecule has 1 unspecified atom stereocenters. The van der Waals surface area contributed by atoms with Crippen LogP contribution in [-0.2, 0) is 13.6 Å². The van der Waals surface area contributed by atoms with E-state index >= 15 is 0 Å². The summed E-state index contributed by atoms with van der Waals surface area (Å²) in [5, 5.41) is 14.6. The van der Waals surface area contributed by atoms with Crippen LogP contribution in [0.5, 0.6) is 5.75 Å². The number of aliphatic imine (C=N–C) groups is 1. The number of nitrogens with one attached hydrogen (secondary N) is 2. The minimum Gasteiger partial charge on any atom is -0.489 e. The van der Waals surface area contributed by atoms with Crippen molar-refractivity contribution in [2.24, 2.45) is 12.0 Å². The van der Waals surface area contributed by atoms with E-state index in [9.17, 15) is 4.39 Å². The lowest BCUT2D eigenvalue weighted by atomic mass is 10.2. The lowest BCUT2D eigenvalue weighted by Gasteiger charge is -2.20. The lowest BCUT2D eigenvalue weighted by Crippen LogP contribution is -2.42. The molecular weight excluding hydrogens is 347 g/mol. The molecule has 2 N–H and O–H groups in total. The van der Waals surface area contributed by atoms with Gasteiger partial charge in [-0.05, 0) is 25.5 Å². The van der Waals surface area contributed by atoms with E-state index in [1.165, 1.54) is 12.1 Å². The number of nitrogens with zero attached hydrogens (tertiary/aromatic N) is 4. The van der Waals surface area contributed by atoms with Crippen LogP contribution in [-0.4, -0.2) is 39.9 Å². The summed E-state index contributed by atoms with van der Waals surface area (Å²) in [5.74, 6) is 2.43. The Bertz CT molecular complexity index is 773. The average Bonchev–Trinajstić information content (AvgIpc) is 2.98. The molecule has 0 saturated heterocycles. The van der Waals surface area contributed by atoms with Gasteiger partial charge in [0, 0.05) is 19.7 Å². The molecule has 0 spiro atoms. The Kier molecular flexibility index (Phi) is 7.79. The highest BCUT2D eigenvalue weighted by Gasteiger charge is 2.11. The topological polar surface area (TPSA) is 76.4 Å². The molecule has 1 atom stereocenters. The smallest absolute Gasteiger partial charge is 0.192 e. The van der Waals surface area contributed by atoms with Crippen LogP contribution >= 0.6 is 0 Å². The van der Waals surface area contributed by atoms with E-state index in [4.69, 9.17) is 4.74 Å². The highest BCUT2D eigenvalue weighted by atomic mass is 19.1. The van der Waals surface area contributed by atoms with E-state index in [0.717, 1.165) is 18.1 Å². The van der Waals surface area contributed by atoms with Gasteiger partial charge in [-0.15, -0.1) is 16.8 Å². The van der Waals surface area contributed by atoms with Gasteiger partial charge in [0.1, 0.15) is 30.0 Å². The fourth-order valence-corrected chi connectivity index (χ4v) is 2.29. The van der Waals surface area contributed by atoms with Crippen LogP contribution in [0.2, 0.25) is 0 Å². The van der Waals surface area contributed by atoms with Crippen molar-refractivity contribution >= 4 is 5.96 Å². The van der Waals surface area contributed by atoms with Gasteiger partial charge in [-0.1, -0.05) is 19.1 Å². The second kappa shape index (κ2) is 10.3. The van der Waals surface area contributed by atoms with Gasteiger partial charge in [-0.2, -0.15) is 0 Å². The van der Waals surface area contributed by atoms with Crippen LogP contribution < -0.4 is 15.4 Å². The second-order valence-corrected chi connectivity index (χ2v) is 6.04. The van der Waals surface area contributed by atoms with Crippen molar-refractivity contribution in [3.05, 3.63) is 54.4 Å². The largest absolute Gasteiger partial charge is 0.489 e. The van der Waals surface area contributed by atoms with E-state index < -0.39 is 0 Å². The summed E-state index contributed by atoms with van der Waals surface area (Å²) in [4.78, 5) is 4.54. The van der Waals surface area contributed by atoms with E-state index in [0.29, 0.717) is 31.3 Å². The monoisotopic (exact) mass is 374 g/mol. The van der Waals surface area contributed by atoms with Crippen LogP contribution in [0.4, 0.5) is 4.39 Å². The first-order chi connectivity index (χ1) is 13.0. The molecule has 0 fully saturated rings. The van der Waals surface area contributed by atoms with Crippen molar-refractivity contribution < 1.29 is 9.13 Å². The van der Waals surface area contributed by atoms with Gasteiger partial charge in [-0.25, -0.2) is 9.38 Å². The number of aryl methyl sites for hydroxylation is 1. The molecule has 7 nitrogen and oxygen atoms in total. The Hall–Kier alpha value is -2.90. The van der Waals surface area contributed by atoms with Gasteiger partial charge < -0.3 is 19.9 Å². The standard InChI is InChI=1S/C19H27FN6O/c1-5-10-21-19(23-13-18-25-24-14(3)26(18)4)22-12-16(6-2)27-17-9-7-8-15(20)11-17/h5,7-9,11,16H,1,6,10,12-13H2,2-4H3,(H2,21,22,23). The van der Waals surface area contributed by atoms with E-state index in [1.807, 2.05) is 25.5 Å². The number of rotatable bonds is 9. The number of halogens is 1. The summed E-state index contributed by atoms with van der Waals surface area (Å²) in [6, 6.07) is 6.15. The molecule has 0 aliphatic carbocycles. The van der Waals surface area contributed by atoms with Crippen molar-refractivity contribution in [1.29, 1.82) is 0 Å². The van der Waals surface area contributed by atoms with Gasteiger partial charge in [0.05, 0.1) is 6.54 Å². The van der Waals surface area contributed by atoms with Crippen molar-refractivity contribution in [3.8, 4) is 5.75 Å². The zero-order valence-electron chi connectivity index (χ0n) is 16.1. The minimum absolute atomic E-state index is 0.125. The Morgan fingerprint density at radius 1 is 1.41 bits per heavy atom. The minimum atomic E-state index is -0.316. The fraction of sp³-hybridized carbons (Fsp3) is 0.421. The predicted octanol–water partition coefficient (Wildman–Crippen LogP) is 2.34. The van der Waals surface area contributed by atoms with Crippen LogP contribution in [0.1, 0.15) is 25.0 Å². The molecule has 0 saturated carbocycles. The Morgan fingerprint density at radius 2 is 2.22 bits per heavy atom. The summed E-state index contributed by atoms with van der Waals surface area (Å²) in [5.41, 5.74) is 0. The third-order valence-corrected chi connectivity index (χ3v) is 4.03. The maximum absolute atomic E-state index is 13.3. The highest BCUT2D eigenvalue weighted by Crippen LogP contribution is 2.14. The number of aromatic nitrogens is 3. The summed E-state index contributed by atoms with van der Waals surface area (Å²) >= 11 is 0. The Labute approximate surface area is 159 Å². The van der Waals surface area contributed by atoms with Gasteiger partial charge in [-0.3, -0.25) is 0 Å². The summed E-state index contributed by atoms with van der Waals surface area (Å²) in [6.45, 7) is 9.11. The van der Waals surface area contributed by atoms with Gasteiger partial charge in [0.2, 0.25) is 0 Å². The number of benzene rings is 1. The van der Waals surface area contributed by atoms with Crippen molar-refractivity contribution in [3.63, 3.8) is 0 Å². The van der Waals surface area contributed by atoms with E-state index in [-0.39, 0.29) is 11.9 Å². The first-order valence-electron chi connectivity index (χ1n) is 8.93. The van der Waals surface area contributed by atoms with Crippen molar-refractivity contribution in [2.45, 2.75) is 32.9 Å². The molecule has 146 valence electrons. The van der Waals surface area contributed by atoms with Crippen LogP contribution in [0.15, 0.2) is 41.9 Å². The van der Waals surface area contributed by atoms with Crippen LogP contribution in [0.25, 0.3) is 0 Å². The average molecular weight is 374 g/mol. The molecule has 27 heavy (non-hydrogen) atoms. The Morgan fingerprint density at radius 3 is 2.85 bits per heavy atom. The van der Waals surface area contributed by atoms with Gasteiger partial charge in [0.25, 0.3) is 0 Å². The van der Waals surface area contributed by atoms with Crippen molar-refractivity contribution in [2.75, 3.05) is 13.1 Å². The second-order valence-electron chi connectivity index (χ2n) is 6.04. The molecule has 1 heterocycles. The molecule has 2 aromatic rings. The molecule has 8 heteroatoms. The fourth-order valence-electron chi connectivity index (χ4n) is 2.29. The van der Waals surface area contributed by atoms with Crippen LogP contribution in [0, 0.1) is 12.7 Å². The molecule has 0 aliphatic rings. The summed E-state index contributed by atoms with van der Waals surface area (Å²) < 4.78 is 21.1.